The van der Waals surface area contributed by atoms with Crippen molar-refractivity contribution in [2.75, 3.05) is 76.3 Å². The summed E-state index contributed by atoms with van der Waals surface area (Å²) in [7, 11) is -15.1. The van der Waals surface area contributed by atoms with E-state index in [2.05, 4.69) is 207 Å². The highest BCUT2D eigenvalue weighted by molar-refractivity contribution is 7.89. The molecule has 0 spiro atoms. The van der Waals surface area contributed by atoms with Crippen molar-refractivity contribution in [3.05, 3.63) is 161 Å². The van der Waals surface area contributed by atoms with E-state index in [1.807, 2.05) is 90.4 Å². The van der Waals surface area contributed by atoms with Crippen molar-refractivity contribution >= 4 is 177 Å². The van der Waals surface area contributed by atoms with Crippen molar-refractivity contribution in [3.8, 4) is 52.0 Å². The molecule has 0 amide bonds. The van der Waals surface area contributed by atoms with E-state index < -0.39 is 80.7 Å². The third kappa shape index (κ3) is 26.0. The summed E-state index contributed by atoms with van der Waals surface area (Å²) < 4.78 is 117. The highest BCUT2D eigenvalue weighted by Crippen LogP contribution is 2.47. The van der Waals surface area contributed by atoms with Gasteiger partial charge in [0.1, 0.15) is 73.2 Å². The van der Waals surface area contributed by atoms with Crippen LogP contribution in [0.1, 0.15) is 103 Å². The maximum Gasteiger partial charge on any atom is 0.497 e. The molecular formula is C94H132BCl5N22O11S3Si4. The van der Waals surface area contributed by atoms with E-state index >= 15 is 0 Å². The van der Waals surface area contributed by atoms with Crippen molar-refractivity contribution in [1.82, 2.24) is 89.8 Å². The van der Waals surface area contributed by atoms with Crippen molar-refractivity contribution in [2.24, 2.45) is 0 Å². The first-order valence-corrected chi connectivity index (χ1v) is 66.9. The van der Waals surface area contributed by atoms with Crippen molar-refractivity contribution < 1.29 is 48.8 Å². The van der Waals surface area contributed by atoms with Crippen LogP contribution in [0.15, 0.2) is 136 Å². The van der Waals surface area contributed by atoms with Crippen LogP contribution in [0.3, 0.4) is 0 Å². The Labute approximate surface area is 853 Å². The molecule has 16 rings (SSSR count). The van der Waals surface area contributed by atoms with Crippen LogP contribution in [0.5, 0.6) is 0 Å². The van der Waals surface area contributed by atoms with Crippen molar-refractivity contribution in [1.29, 1.82) is 15.8 Å². The molecule has 4 aliphatic rings. The first-order chi connectivity index (χ1) is 65.7. The normalized spacial score (nSPS) is 16.1. The van der Waals surface area contributed by atoms with E-state index in [0.717, 1.165) is 96.7 Å². The van der Waals surface area contributed by atoms with Crippen molar-refractivity contribution in [2.45, 2.75) is 239 Å². The lowest BCUT2D eigenvalue weighted by molar-refractivity contribution is 0.00578. The summed E-state index contributed by atoms with van der Waals surface area (Å²) in [5, 5.41) is 33.4. The average molecular weight is 2140 g/mol. The van der Waals surface area contributed by atoms with Crippen LogP contribution in [-0.4, -0.2) is 242 Å². The molecule has 0 saturated carbocycles. The summed E-state index contributed by atoms with van der Waals surface area (Å²) in [6.45, 7) is 53.8. The molecule has 4 aliphatic heterocycles. The molecule has 16 heterocycles. The molecule has 140 heavy (non-hydrogen) atoms. The van der Waals surface area contributed by atoms with Gasteiger partial charge < -0.3 is 60.6 Å². The van der Waals surface area contributed by atoms with E-state index in [4.69, 9.17) is 86.8 Å². The average Bonchev–Trinajstić information content (AvgIpc) is 1.50. The Morgan fingerprint density at radius 2 is 0.879 bits per heavy atom. The lowest BCUT2D eigenvalue weighted by atomic mass is 9.81. The number of rotatable bonds is 33. The van der Waals surface area contributed by atoms with Gasteiger partial charge in [0.2, 0.25) is 30.1 Å². The number of fused-ring (bicyclic) bond motifs is 4. The number of aromatic nitrogens is 16. The zero-order chi connectivity index (χ0) is 103. The third-order valence-electron chi connectivity index (χ3n) is 26.3. The number of halogens is 5. The zero-order valence-electron chi connectivity index (χ0n) is 84.1. The molecule has 2 N–H and O–H groups in total. The minimum atomic E-state index is -3.31. The molecule has 4 saturated heterocycles. The molecule has 33 nitrogen and oxygen atoms in total. The second-order valence-electron chi connectivity index (χ2n) is 41.2. The van der Waals surface area contributed by atoms with Gasteiger partial charge in [-0.2, -0.15) is 28.7 Å². The Morgan fingerprint density at radius 1 is 0.486 bits per heavy atom. The Kier molecular flexibility index (Phi) is 36.8. The maximum atomic E-state index is 12.3. The quantitative estimate of drug-likeness (QED) is 0.0167. The Hall–Kier alpha value is -8.28. The van der Waals surface area contributed by atoms with Crippen LogP contribution in [0.2, 0.25) is 119 Å². The number of nitrogens with one attached hydrogen (secondary N) is 2. The predicted molar refractivity (Wildman–Crippen MR) is 570 cm³/mol. The Morgan fingerprint density at radius 3 is 1.27 bits per heavy atom. The smallest absolute Gasteiger partial charge is 0.399 e. The summed E-state index contributed by atoms with van der Waals surface area (Å²) in [5.74, 6) is 0.206. The molecule has 4 fully saturated rings. The van der Waals surface area contributed by atoms with Gasteiger partial charge in [0, 0.05) is 196 Å². The van der Waals surface area contributed by atoms with E-state index in [1.165, 1.54) is 44.0 Å². The number of hydrogen-bond donors (Lipinski definition) is 2. The molecule has 0 aliphatic carbocycles. The monoisotopic (exact) mass is 2140 g/mol. The molecule has 0 bridgehead atoms. The van der Waals surface area contributed by atoms with Crippen LogP contribution in [0.4, 0.5) is 0 Å². The lowest BCUT2D eigenvalue weighted by Gasteiger charge is -2.48. The largest absolute Gasteiger partial charge is 0.497 e. The Balaban J connectivity index is 0.000000165. The number of nitriles is 3. The molecule has 756 valence electrons. The summed E-state index contributed by atoms with van der Waals surface area (Å²) in [6, 6.07) is 17.4. The fourth-order valence-electron chi connectivity index (χ4n) is 17.4. The minimum Gasteiger partial charge on any atom is -0.399 e. The first-order valence-electron chi connectivity index (χ1n) is 46.8. The highest BCUT2D eigenvalue weighted by Gasteiger charge is 2.55. The summed E-state index contributed by atoms with van der Waals surface area (Å²) in [4.78, 5) is 40.5. The fraction of sp³-hybridized carbons (Fsp3) is 0.521. The molecule has 0 radical (unpaired) electrons. The van der Waals surface area contributed by atoms with Crippen LogP contribution in [-0.2, 0) is 84.9 Å². The van der Waals surface area contributed by atoms with Crippen molar-refractivity contribution in [3.63, 3.8) is 0 Å². The predicted octanol–water partition coefficient (Wildman–Crippen LogP) is 19.8. The number of ether oxygens (including phenoxy) is 3. The SMILES string of the molecule is CC(C)[Si](C(C)C)(C(C)C)n1cc(Cl)c(B2OC(C)(C)C(C)(C)O2)c1.CCS(=O)(=O)N1CC(=CC#N)C1.CCS(=O)(=O)N1CC(CC#N)(n2cc(Cl)c(-c3ncnc4[nH]ccc34)c2)C1.CCS(=O)(=O)N1CC(CC#N)(n2cc(Cl)c(-c3ncnc4c3ccn4COCC[Si](C)(C)C)c2)C1.C[Si](C)(C)CCOCn1ccc2c(-c3c[nH]cc3Cl)ncnc21.C[Si](C)(C)CCOCn1ccc2c(Cl)ncnc21. The fourth-order valence-corrected chi connectivity index (χ4v) is 30.9. The number of hydrogen-bond acceptors (Lipinski definition) is 22. The van der Waals surface area contributed by atoms with E-state index in [9.17, 15) is 35.8 Å². The van der Waals surface area contributed by atoms with E-state index in [-0.39, 0.29) is 67.5 Å². The van der Waals surface area contributed by atoms with Gasteiger partial charge in [-0.1, -0.05) is 158 Å². The number of aromatic amines is 2. The van der Waals surface area contributed by atoms with Gasteiger partial charge in [-0.05, 0) is 119 Å². The number of H-pyrrole nitrogens is 2. The molecule has 0 aromatic carbocycles. The topological polar surface area (TPSA) is 394 Å². The molecule has 0 atom stereocenters. The summed E-state index contributed by atoms with van der Waals surface area (Å²) in [6.07, 6.45) is 30.5. The number of allylic oxidation sites excluding steroid dienone is 1. The van der Waals surface area contributed by atoms with Gasteiger partial charge in [-0.15, -0.1) is 0 Å². The van der Waals surface area contributed by atoms with Gasteiger partial charge in [0.15, 0.2) is 8.24 Å². The highest BCUT2D eigenvalue weighted by atomic mass is 35.5. The molecule has 0 unspecified atom stereocenters. The van der Waals surface area contributed by atoms with E-state index in [1.54, 1.807) is 51.9 Å². The van der Waals surface area contributed by atoms with E-state index in [0.29, 0.717) is 99.3 Å². The minimum absolute atomic E-state index is 0.0328. The second-order valence-corrected chi connectivity index (χ2v) is 72.6. The summed E-state index contributed by atoms with van der Waals surface area (Å²) in [5.41, 5.74) is 9.37. The number of nitrogens with zero attached hydrogens (tertiary/aromatic N) is 20. The lowest BCUT2D eigenvalue weighted by Crippen LogP contribution is -2.63. The second kappa shape index (κ2) is 46.0. The zero-order valence-corrected chi connectivity index (χ0v) is 94.4. The van der Waals surface area contributed by atoms with Gasteiger partial charge >= 0.3 is 7.12 Å². The van der Waals surface area contributed by atoms with Gasteiger partial charge in [0.25, 0.3) is 0 Å². The van der Waals surface area contributed by atoms with Crippen LogP contribution in [0, 0.1) is 34.0 Å². The standard InChI is InChI=1S/C23H31ClN6O3SSi.C19H35BClNO2Si.C17H17ClN6O2S.C16H21ClN4OSi.C12H18ClN3OSi.C7H10N2O2S/c1-5-34(31,32)30-14-23(15-30,7-8-25)29-12-19(20(24)13-29)21-18-6-9-28(22(18)27-16-26-21)17-33-10-11-35(2,3)4;1-13(2)25(14(3)4,15(5)6)22-11-16(17(21)12-22)20-23-18(7,8)19(9,10)24-20;1-2-27(25,26)24-9-17(10-24,4-5-19)23-7-13(14(18)8-23)15-12-3-6-20-16(12)22-11-21-15;1-23(2,3)7-6-22-11-21-5-4-12-15(19-10-20-16(12)21)13-8-18-9-14(13)17;1-18(2,3)7-6-17-9-16-5-4-10-11(13)14-8-15-12(10)16;1-2-12(10,11)9-5-7(6-9)3-4-8/h6,9,12-13,16H,5,7,10-11,14-15,17H2,1-4H3;11-15H,1-10H3;3,6-8,11H,2,4,9-10H2,1H3,(H,20,21,22);4-5,8-10,18H,6-7,11H2,1-3H3;4-5,8H,6-7,9H2,1-3H3;3H,2,5-6H2,1H3. The first kappa shape index (κ1) is 112. The van der Waals surface area contributed by atoms with Crippen LogP contribution < -0.4 is 5.46 Å². The molecule has 46 heteroatoms. The summed E-state index contributed by atoms with van der Waals surface area (Å²) >= 11 is 32.0. The van der Waals surface area contributed by atoms with Gasteiger partial charge in [-0.3, -0.25) is 0 Å². The van der Waals surface area contributed by atoms with Crippen LogP contribution >= 0.6 is 58.0 Å². The Bertz CT molecular complexity index is 6800. The van der Waals surface area contributed by atoms with Gasteiger partial charge in [-0.25, -0.2) is 65.1 Å². The molecular weight excluding hydrogens is 2010 g/mol. The van der Waals surface area contributed by atoms with Gasteiger partial charge in [0.05, 0.1) is 113 Å². The third-order valence-corrected chi connectivity index (χ3v) is 45.0. The number of sulfonamides is 3. The molecule has 12 aromatic rings. The van der Waals surface area contributed by atoms with Crippen LogP contribution in [0.25, 0.3) is 77.9 Å². The molecule has 12 aromatic heterocycles. The maximum absolute atomic E-state index is 12.3.